The predicted octanol–water partition coefficient (Wildman–Crippen LogP) is 3.00. The third kappa shape index (κ3) is 3.80. The number of phenols is 1. The van der Waals surface area contributed by atoms with Gasteiger partial charge < -0.3 is 5.11 Å². The minimum absolute atomic E-state index is 0.159. The molecule has 2 heterocycles. The number of nitrogens with zero attached hydrogens (tertiary/aromatic N) is 3. The lowest BCUT2D eigenvalue weighted by Crippen LogP contribution is -2.34. The van der Waals surface area contributed by atoms with Crippen LogP contribution in [0.5, 0.6) is 5.75 Å². The maximum Gasteiger partial charge on any atom is 0.263 e. The second-order valence-electron chi connectivity index (χ2n) is 7.49. The summed E-state index contributed by atoms with van der Waals surface area (Å²) in [7, 11) is 0. The molecule has 1 aliphatic carbocycles. The van der Waals surface area contributed by atoms with E-state index in [1.165, 1.54) is 34.1 Å². The van der Waals surface area contributed by atoms with Gasteiger partial charge >= 0.3 is 0 Å². The Morgan fingerprint density at radius 1 is 1.41 bits per heavy atom. The maximum absolute atomic E-state index is 13.1. The minimum atomic E-state index is -0.741. The van der Waals surface area contributed by atoms with E-state index in [2.05, 4.69) is 22.4 Å². The lowest BCUT2D eigenvalue weighted by atomic mass is 9.89. The molecular weight excluding hydrogens is 388 g/mol. The van der Waals surface area contributed by atoms with Crippen molar-refractivity contribution >= 4 is 33.7 Å². The monoisotopic (exact) mass is 410 g/mol. The van der Waals surface area contributed by atoms with Crippen molar-refractivity contribution in [2.45, 2.75) is 39.2 Å². The van der Waals surface area contributed by atoms with E-state index in [4.69, 9.17) is 0 Å². The van der Waals surface area contributed by atoms with Crippen LogP contribution in [0.15, 0.2) is 40.5 Å². The summed E-state index contributed by atoms with van der Waals surface area (Å²) in [6.07, 6.45) is 5.86. The Kier molecular flexibility index (Phi) is 5.19. The molecule has 0 saturated carbocycles. The van der Waals surface area contributed by atoms with Crippen LogP contribution in [-0.2, 0) is 17.6 Å². The summed E-state index contributed by atoms with van der Waals surface area (Å²) in [4.78, 5) is 32.1. The summed E-state index contributed by atoms with van der Waals surface area (Å²) < 4.78 is 1.37. The van der Waals surface area contributed by atoms with Crippen LogP contribution in [0.2, 0.25) is 0 Å². The Morgan fingerprint density at radius 3 is 2.93 bits per heavy atom. The SMILES string of the molecule is CC1CCc2c(sc3ncn(C(C)C(=O)NN=Cc4ccc(O)cc4)c(=O)c23)C1. The molecule has 7 nitrogen and oxygen atoms in total. The Labute approximate surface area is 171 Å². The number of phenolic OH excluding ortho intramolecular Hbond substituents is 1. The number of carbonyl (C=O) groups excluding carboxylic acids is 1. The van der Waals surface area contributed by atoms with E-state index in [1.807, 2.05) is 0 Å². The molecule has 1 aromatic carbocycles. The number of nitrogens with one attached hydrogen (secondary N) is 1. The molecule has 1 amide bonds. The fraction of sp³-hybridized carbons (Fsp3) is 0.333. The number of carbonyl (C=O) groups is 1. The van der Waals surface area contributed by atoms with Crippen molar-refractivity contribution in [1.29, 1.82) is 0 Å². The molecule has 0 aliphatic heterocycles. The predicted molar refractivity (Wildman–Crippen MR) is 114 cm³/mol. The highest BCUT2D eigenvalue weighted by Crippen LogP contribution is 2.35. The zero-order chi connectivity index (χ0) is 20.5. The molecule has 2 unspecified atom stereocenters. The number of benzene rings is 1. The van der Waals surface area contributed by atoms with Crippen LogP contribution in [0.1, 0.15) is 42.3 Å². The van der Waals surface area contributed by atoms with Crippen molar-refractivity contribution in [3.8, 4) is 5.75 Å². The first-order valence-electron chi connectivity index (χ1n) is 9.57. The van der Waals surface area contributed by atoms with Crippen LogP contribution in [0, 0.1) is 5.92 Å². The van der Waals surface area contributed by atoms with E-state index >= 15 is 0 Å². The highest BCUT2D eigenvalue weighted by molar-refractivity contribution is 7.18. The van der Waals surface area contributed by atoms with Crippen molar-refractivity contribution < 1.29 is 9.90 Å². The number of amides is 1. The summed E-state index contributed by atoms with van der Waals surface area (Å²) in [5.41, 5.74) is 4.13. The lowest BCUT2D eigenvalue weighted by Gasteiger charge is -2.18. The topological polar surface area (TPSA) is 96.6 Å². The fourth-order valence-corrected chi connectivity index (χ4v) is 4.91. The summed E-state index contributed by atoms with van der Waals surface area (Å²) in [5.74, 6) is 0.377. The molecule has 0 fully saturated rings. The molecule has 0 radical (unpaired) electrons. The lowest BCUT2D eigenvalue weighted by molar-refractivity contribution is -0.123. The van der Waals surface area contributed by atoms with Gasteiger partial charge in [0.15, 0.2) is 0 Å². The Hall–Kier alpha value is -3.00. The van der Waals surface area contributed by atoms with Gasteiger partial charge in [-0.3, -0.25) is 14.2 Å². The minimum Gasteiger partial charge on any atom is -0.508 e. The van der Waals surface area contributed by atoms with E-state index in [0.29, 0.717) is 11.3 Å². The first-order valence-corrected chi connectivity index (χ1v) is 10.4. The summed E-state index contributed by atoms with van der Waals surface area (Å²) in [6.45, 7) is 3.88. The highest BCUT2D eigenvalue weighted by atomic mass is 32.1. The fourth-order valence-electron chi connectivity index (χ4n) is 3.57. The largest absolute Gasteiger partial charge is 0.508 e. The molecule has 0 bridgehead atoms. The van der Waals surface area contributed by atoms with E-state index in [1.54, 1.807) is 30.4 Å². The van der Waals surface area contributed by atoms with Crippen LogP contribution in [-0.4, -0.2) is 26.8 Å². The number of hydrogen-bond acceptors (Lipinski definition) is 6. The van der Waals surface area contributed by atoms with Crippen molar-refractivity contribution in [2.24, 2.45) is 11.0 Å². The standard InChI is InChI=1S/C21H22N4O3S/c1-12-3-8-16-17(9-12)29-20-18(16)21(28)25(11-22-20)13(2)19(27)24-23-10-14-4-6-15(26)7-5-14/h4-7,10-13,26H,3,8-9H2,1-2H3,(H,24,27). The Bertz CT molecular complexity index is 1150. The molecule has 2 atom stereocenters. The number of hydrazone groups is 1. The smallest absolute Gasteiger partial charge is 0.263 e. The van der Waals surface area contributed by atoms with Gasteiger partial charge in [-0.25, -0.2) is 10.4 Å². The van der Waals surface area contributed by atoms with Gasteiger partial charge in [0.1, 0.15) is 16.6 Å². The zero-order valence-electron chi connectivity index (χ0n) is 16.3. The van der Waals surface area contributed by atoms with Crippen LogP contribution in [0.3, 0.4) is 0 Å². The quantitative estimate of drug-likeness (QED) is 0.510. The van der Waals surface area contributed by atoms with Crippen molar-refractivity contribution in [1.82, 2.24) is 15.0 Å². The molecule has 29 heavy (non-hydrogen) atoms. The molecular formula is C21H22N4O3S. The molecule has 0 saturated heterocycles. The molecule has 150 valence electrons. The van der Waals surface area contributed by atoms with Gasteiger partial charge in [0, 0.05) is 4.88 Å². The molecule has 4 rings (SSSR count). The summed E-state index contributed by atoms with van der Waals surface area (Å²) >= 11 is 1.59. The molecule has 2 N–H and O–H groups in total. The zero-order valence-corrected chi connectivity index (χ0v) is 17.1. The van der Waals surface area contributed by atoms with Gasteiger partial charge in [0.2, 0.25) is 0 Å². The summed E-state index contributed by atoms with van der Waals surface area (Å²) in [6, 6.07) is 5.69. The number of aryl methyl sites for hydroxylation is 1. The average Bonchev–Trinajstić information content (AvgIpc) is 3.07. The third-order valence-corrected chi connectivity index (χ3v) is 6.48. The first-order chi connectivity index (χ1) is 13.9. The van der Waals surface area contributed by atoms with Gasteiger partial charge in [-0.05, 0) is 67.5 Å². The number of rotatable bonds is 4. The molecule has 3 aromatic rings. The van der Waals surface area contributed by atoms with Crippen LogP contribution in [0.25, 0.3) is 10.2 Å². The van der Waals surface area contributed by atoms with Gasteiger partial charge in [-0.15, -0.1) is 11.3 Å². The van der Waals surface area contributed by atoms with Crippen LogP contribution >= 0.6 is 11.3 Å². The molecule has 8 heteroatoms. The number of aromatic nitrogens is 2. The van der Waals surface area contributed by atoms with Gasteiger partial charge in [0.25, 0.3) is 11.5 Å². The summed E-state index contributed by atoms with van der Waals surface area (Å²) in [5, 5.41) is 13.9. The van der Waals surface area contributed by atoms with Crippen molar-refractivity contribution in [2.75, 3.05) is 0 Å². The number of aromatic hydroxyl groups is 1. The number of fused-ring (bicyclic) bond motifs is 3. The number of hydrogen-bond donors (Lipinski definition) is 2. The van der Waals surface area contributed by atoms with Crippen LogP contribution in [0.4, 0.5) is 0 Å². The van der Waals surface area contributed by atoms with Crippen molar-refractivity contribution in [3.63, 3.8) is 0 Å². The van der Waals surface area contributed by atoms with E-state index in [0.717, 1.165) is 35.2 Å². The average molecular weight is 410 g/mol. The van der Waals surface area contributed by atoms with E-state index < -0.39 is 11.9 Å². The Balaban J connectivity index is 1.55. The van der Waals surface area contributed by atoms with Gasteiger partial charge in [0.05, 0.1) is 17.9 Å². The highest BCUT2D eigenvalue weighted by Gasteiger charge is 2.25. The second-order valence-corrected chi connectivity index (χ2v) is 8.57. The van der Waals surface area contributed by atoms with Crippen molar-refractivity contribution in [3.05, 3.63) is 57.0 Å². The molecule has 1 aliphatic rings. The normalized spacial score (nSPS) is 17.4. The Morgan fingerprint density at radius 2 is 2.17 bits per heavy atom. The third-order valence-electron chi connectivity index (χ3n) is 5.32. The second kappa shape index (κ2) is 7.79. The van der Waals surface area contributed by atoms with E-state index in [-0.39, 0.29) is 11.3 Å². The van der Waals surface area contributed by atoms with Gasteiger partial charge in [-0.1, -0.05) is 6.92 Å². The van der Waals surface area contributed by atoms with E-state index in [9.17, 15) is 14.7 Å². The number of thiophene rings is 1. The maximum atomic E-state index is 13.1. The van der Waals surface area contributed by atoms with Gasteiger partial charge in [-0.2, -0.15) is 5.10 Å². The molecule has 0 spiro atoms. The van der Waals surface area contributed by atoms with Crippen LogP contribution < -0.4 is 11.0 Å². The first kappa shape index (κ1) is 19.3. The molecule has 2 aromatic heterocycles.